The monoisotopic (exact) mass is 402 g/mol. The first-order valence-corrected chi connectivity index (χ1v) is 10.4. The third-order valence-corrected chi connectivity index (χ3v) is 6.72. The lowest BCUT2D eigenvalue weighted by Crippen LogP contribution is -2.16. The molecule has 1 aliphatic rings. The summed E-state index contributed by atoms with van der Waals surface area (Å²) in [5.41, 5.74) is 6.79. The molecule has 0 saturated heterocycles. The van der Waals surface area contributed by atoms with Crippen LogP contribution in [0.15, 0.2) is 16.2 Å². The van der Waals surface area contributed by atoms with Crippen molar-refractivity contribution < 1.29 is 9.59 Å². The molecule has 0 aromatic carbocycles. The second kappa shape index (κ2) is 7.24. The van der Waals surface area contributed by atoms with Crippen LogP contribution in [0.4, 0.5) is 5.69 Å². The average molecular weight is 403 g/mol. The molecule has 0 aliphatic heterocycles. The topological polar surface area (TPSA) is 118 Å². The van der Waals surface area contributed by atoms with Crippen LogP contribution in [-0.2, 0) is 24.1 Å². The molecule has 7 nitrogen and oxygen atoms in total. The van der Waals surface area contributed by atoms with Gasteiger partial charge in [0.25, 0.3) is 11.5 Å². The van der Waals surface area contributed by atoms with Crippen molar-refractivity contribution in [3.05, 3.63) is 42.9 Å². The van der Waals surface area contributed by atoms with Crippen LogP contribution in [0, 0.1) is 0 Å². The SMILES string of the molecule is NC(=O)c1cc(NC(=O)CCc2nc3sc4c(c3c(=O)[nH]2)CCCC4)cs1. The van der Waals surface area contributed by atoms with Crippen LogP contribution in [-0.4, -0.2) is 21.8 Å². The number of rotatable bonds is 5. The number of hydrogen-bond donors (Lipinski definition) is 3. The maximum absolute atomic E-state index is 12.5. The number of amides is 2. The molecule has 0 radical (unpaired) electrons. The normalized spacial score (nSPS) is 13.5. The van der Waals surface area contributed by atoms with E-state index in [1.165, 1.54) is 16.2 Å². The molecule has 0 saturated carbocycles. The smallest absolute Gasteiger partial charge is 0.259 e. The number of anilines is 1. The van der Waals surface area contributed by atoms with Gasteiger partial charge in [-0.1, -0.05) is 0 Å². The number of fused-ring (bicyclic) bond motifs is 3. The molecule has 0 spiro atoms. The molecule has 27 heavy (non-hydrogen) atoms. The molecule has 0 unspecified atom stereocenters. The standard InChI is InChI=1S/C18H18N4O3S2/c19-16(24)12-7-9(8-26-12)20-14(23)6-5-13-21-17(25)15-10-3-1-2-4-11(10)27-18(15)22-13/h7-8H,1-6H2,(H2,19,24)(H,20,23)(H,21,22,25). The van der Waals surface area contributed by atoms with Gasteiger partial charge in [-0.25, -0.2) is 4.98 Å². The van der Waals surface area contributed by atoms with Crippen LogP contribution in [0.25, 0.3) is 10.2 Å². The van der Waals surface area contributed by atoms with Gasteiger partial charge in [-0.2, -0.15) is 0 Å². The van der Waals surface area contributed by atoms with Crippen molar-refractivity contribution in [1.29, 1.82) is 0 Å². The third-order valence-electron chi connectivity index (χ3n) is 4.59. The summed E-state index contributed by atoms with van der Waals surface area (Å²) < 4.78 is 0. The van der Waals surface area contributed by atoms with Gasteiger partial charge in [0.1, 0.15) is 10.7 Å². The van der Waals surface area contributed by atoms with Gasteiger partial charge >= 0.3 is 0 Å². The fourth-order valence-electron chi connectivity index (χ4n) is 3.31. The Bertz CT molecular complexity index is 1100. The van der Waals surface area contributed by atoms with Crippen molar-refractivity contribution in [2.75, 3.05) is 5.32 Å². The van der Waals surface area contributed by atoms with E-state index in [9.17, 15) is 14.4 Å². The molecule has 4 rings (SSSR count). The fraction of sp³-hybridized carbons (Fsp3) is 0.333. The van der Waals surface area contributed by atoms with Gasteiger partial charge in [0.2, 0.25) is 5.91 Å². The van der Waals surface area contributed by atoms with E-state index in [1.807, 2.05) is 0 Å². The summed E-state index contributed by atoms with van der Waals surface area (Å²) in [5, 5.41) is 5.11. The molecule has 2 amide bonds. The number of nitrogens with one attached hydrogen (secondary N) is 2. The minimum Gasteiger partial charge on any atom is -0.365 e. The maximum Gasteiger partial charge on any atom is 0.259 e. The molecule has 4 N–H and O–H groups in total. The second-order valence-electron chi connectivity index (χ2n) is 6.52. The first kappa shape index (κ1) is 17.9. The number of carbonyl (C=O) groups is 2. The van der Waals surface area contributed by atoms with Crippen LogP contribution < -0.4 is 16.6 Å². The molecule has 140 valence electrons. The number of aryl methyl sites for hydroxylation is 3. The minimum absolute atomic E-state index is 0.112. The molecule has 3 aromatic rings. The quantitative estimate of drug-likeness (QED) is 0.608. The van der Waals surface area contributed by atoms with E-state index in [0.29, 0.717) is 22.8 Å². The van der Waals surface area contributed by atoms with Gasteiger partial charge in [0.15, 0.2) is 0 Å². The lowest BCUT2D eigenvalue weighted by atomic mass is 9.97. The van der Waals surface area contributed by atoms with Gasteiger partial charge in [0, 0.05) is 23.1 Å². The van der Waals surface area contributed by atoms with Gasteiger partial charge in [-0.15, -0.1) is 22.7 Å². The Morgan fingerprint density at radius 3 is 2.89 bits per heavy atom. The fourth-order valence-corrected chi connectivity index (χ4v) is 5.29. The third kappa shape index (κ3) is 3.65. The predicted octanol–water partition coefficient (Wildman–Crippen LogP) is 2.60. The highest BCUT2D eigenvalue weighted by atomic mass is 32.1. The molecule has 0 atom stereocenters. The van der Waals surface area contributed by atoms with E-state index >= 15 is 0 Å². The van der Waals surface area contributed by atoms with Crippen LogP contribution in [0.1, 0.15) is 45.2 Å². The van der Waals surface area contributed by atoms with Crippen LogP contribution in [0.2, 0.25) is 0 Å². The Hall–Kier alpha value is -2.52. The van der Waals surface area contributed by atoms with Crippen molar-refractivity contribution in [2.24, 2.45) is 5.73 Å². The maximum atomic E-state index is 12.5. The zero-order valence-corrected chi connectivity index (χ0v) is 16.1. The van der Waals surface area contributed by atoms with Gasteiger partial charge in [-0.3, -0.25) is 14.4 Å². The number of aromatic amines is 1. The highest BCUT2D eigenvalue weighted by molar-refractivity contribution is 7.18. The summed E-state index contributed by atoms with van der Waals surface area (Å²) in [7, 11) is 0. The number of hydrogen-bond acceptors (Lipinski definition) is 6. The van der Waals surface area contributed by atoms with Crippen molar-refractivity contribution in [3.63, 3.8) is 0 Å². The molecule has 0 bridgehead atoms. The van der Waals surface area contributed by atoms with Crippen LogP contribution in [0.3, 0.4) is 0 Å². The van der Waals surface area contributed by atoms with Crippen LogP contribution in [0.5, 0.6) is 0 Å². The van der Waals surface area contributed by atoms with E-state index in [0.717, 1.165) is 41.5 Å². The van der Waals surface area contributed by atoms with E-state index in [4.69, 9.17) is 5.73 Å². The highest BCUT2D eigenvalue weighted by Gasteiger charge is 2.20. The van der Waals surface area contributed by atoms with E-state index in [-0.39, 0.29) is 17.9 Å². The van der Waals surface area contributed by atoms with Gasteiger partial charge in [-0.05, 0) is 37.3 Å². The van der Waals surface area contributed by atoms with Crippen LogP contribution >= 0.6 is 22.7 Å². The number of H-pyrrole nitrogens is 1. The zero-order chi connectivity index (χ0) is 19.0. The number of thiophene rings is 2. The second-order valence-corrected chi connectivity index (χ2v) is 8.51. The zero-order valence-electron chi connectivity index (χ0n) is 14.5. The van der Waals surface area contributed by atoms with Gasteiger partial charge in [0.05, 0.1) is 16.0 Å². The van der Waals surface area contributed by atoms with Gasteiger partial charge < -0.3 is 16.0 Å². The lowest BCUT2D eigenvalue weighted by Gasteiger charge is -2.09. The lowest BCUT2D eigenvalue weighted by molar-refractivity contribution is -0.116. The highest BCUT2D eigenvalue weighted by Crippen LogP contribution is 2.33. The molecule has 1 aliphatic carbocycles. The predicted molar refractivity (Wildman–Crippen MR) is 107 cm³/mol. The number of aromatic nitrogens is 2. The number of nitrogens with two attached hydrogens (primary N) is 1. The summed E-state index contributed by atoms with van der Waals surface area (Å²) in [6.07, 6.45) is 4.75. The Balaban J connectivity index is 1.46. The summed E-state index contributed by atoms with van der Waals surface area (Å²) >= 11 is 2.78. The van der Waals surface area contributed by atoms with Crippen molar-refractivity contribution in [3.8, 4) is 0 Å². The first-order chi connectivity index (χ1) is 13.0. The summed E-state index contributed by atoms with van der Waals surface area (Å²) in [6.45, 7) is 0. The summed E-state index contributed by atoms with van der Waals surface area (Å²) in [4.78, 5) is 45.6. The first-order valence-electron chi connectivity index (χ1n) is 8.73. The molecular weight excluding hydrogens is 384 g/mol. The number of carbonyl (C=O) groups excluding carboxylic acids is 2. The largest absolute Gasteiger partial charge is 0.365 e. The molecular formula is C18H18N4O3S2. The van der Waals surface area contributed by atoms with Crippen molar-refractivity contribution in [1.82, 2.24) is 9.97 Å². The summed E-state index contributed by atoms with van der Waals surface area (Å²) in [6, 6.07) is 1.55. The van der Waals surface area contributed by atoms with E-state index < -0.39 is 5.91 Å². The molecule has 3 heterocycles. The molecule has 3 aromatic heterocycles. The Labute approximate surface area is 162 Å². The van der Waals surface area contributed by atoms with E-state index in [2.05, 4.69) is 15.3 Å². The minimum atomic E-state index is -0.519. The Morgan fingerprint density at radius 2 is 2.11 bits per heavy atom. The van der Waals surface area contributed by atoms with Crippen molar-refractivity contribution >= 4 is 50.4 Å². The number of nitrogens with zero attached hydrogens (tertiary/aromatic N) is 1. The van der Waals surface area contributed by atoms with E-state index in [1.54, 1.807) is 22.8 Å². The Morgan fingerprint density at radius 1 is 1.30 bits per heavy atom. The molecule has 9 heteroatoms. The molecule has 0 fully saturated rings. The summed E-state index contributed by atoms with van der Waals surface area (Å²) in [5.74, 6) is -0.212. The Kier molecular flexibility index (Phi) is 4.79. The number of primary amides is 1. The average Bonchev–Trinajstić information content (AvgIpc) is 3.24. The van der Waals surface area contributed by atoms with Crippen molar-refractivity contribution in [2.45, 2.75) is 38.5 Å².